The fourth-order valence-electron chi connectivity index (χ4n) is 4.01. The van der Waals surface area contributed by atoms with Crippen LogP contribution in [0.4, 0.5) is 0 Å². The molecule has 0 amide bonds. The quantitative estimate of drug-likeness (QED) is 0.237. The SMILES string of the molecule is C=CCO[C@@H]1[C@@H](OC(=O)c2ccccc2)[C@H](O)O[C@H](COC(=O)c2ccccc2)[C@@H]1OC(=O)c1ccccc1. The number of ether oxygens (including phenoxy) is 5. The first kappa shape index (κ1) is 27.7. The van der Waals surface area contributed by atoms with Crippen molar-refractivity contribution >= 4 is 17.9 Å². The summed E-state index contributed by atoms with van der Waals surface area (Å²) in [5.41, 5.74) is 0.800. The molecule has 1 aliphatic heterocycles. The summed E-state index contributed by atoms with van der Waals surface area (Å²) < 4.78 is 28.4. The third kappa shape index (κ3) is 7.17. The van der Waals surface area contributed by atoms with Crippen molar-refractivity contribution in [2.45, 2.75) is 30.7 Å². The van der Waals surface area contributed by atoms with E-state index in [9.17, 15) is 19.5 Å². The van der Waals surface area contributed by atoms with Crippen LogP contribution in [0.15, 0.2) is 104 Å². The van der Waals surface area contributed by atoms with Crippen LogP contribution < -0.4 is 0 Å². The molecule has 0 saturated carbocycles. The van der Waals surface area contributed by atoms with Crippen LogP contribution in [0.5, 0.6) is 0 Å². The van der Waals surface area contributed by atoms with E-state index in [1.807, 2.05) is 0 Å². The van der Waals surface area contributed by atoms with E-state index in [4.69, 9.17) is 23.7 Å². The van der Waals surface area contributed by atoms with Gasteiger partial charge in [-0.2, -0.15) is 0 Å². The van der Waals surface area contributed by atoms with Crippen LogP contribution in [0.2, 0.25) is 0 Å². The number of hydrogen-bond acceptors (Lipinski definition) is 9. The maximum atomic E-state index is 13.0. The third-order valence-electron chi connectivity index (χ3n) is 5.91. The Hall–Kier alpha value is -4.31. The summed E-state index contributed by atoms with van der Waals surface area (Å²) in [7, 11) is 0. The van der Waals surface area contributed by atoms with Crippen LogP contribution >= 0.6 is 0 Å². The summed E-state index contributed by atoms with van der Waals surface area (Å²) in [5, 5.41) is 10.9. The molecule has 1 heterocycles. The highest BCUT2D eigenvalue weighted by Gasteiger charge is 2.51. The van der Waals surface area contributed by atoms with E-state index in [1.165, 1.54) is 6.08 Å². The van der Waals surface area contributed by atoms with Crippen molar-refractivity contribution in [1.29, 1.82) is 0 Å². The van der Waals surface area contributed by atoms with Gasteiger partial charge in [0.15, 0.2) is 18.5 Å². The van der Waals surface area contributed by atoms with Crippen LogP contribution in [-0.2, 0) is 23.7 Å². The lowest BCUT2D eigenvalue weighted by molar-refractivity contribution is -0.291. The van der Waals surface area contributed by atoms with Gasteiger partial charge in [0, 0.05) is 0 Å². The molecule has 0 aromatic heterocycles. The molecule has 4 rings (SSSR count). The molecule has 0 unspecified atom stereocenters. The number of aliphatic hydroxyl groups excluding tert-OH is 1. The van der Waals surface area contributed by atoms with Gasteiger partial charge in [-0.1, -0.05) is 60.7 Å². The zero-order valence-electron chi connectivity index (χ0n) is 21.0. The van der Waals surface area contributed by atoms with Crippen molar-refractivity contribution in [1.82, 2.24) is 0 Å². The second-order valence-electron chi connectivity index (χ2n) is 8.59. The highest BCUT2D eigenvalue weighted by atomic mass is 16.7. The van der Waals surface area contributed by atoms with Crippen molar-refractivity contribution in [2.75, 3.05) is 13.2 Å². The lowest BCUT2D eigenvalue weighted by Crippen LogP contribution is -2.62. The van der Waals surface area contributed by atoms with Crippen molar-refractivity contribution in [2.24, 2.45) is 0 Å². The number of esters is 3. The smallest absolute Gasteiger partial charge is 0.338 e. The van der Waals surface area contributed by atoms with Gasteiger partial charge < -0.3 is 28.8 Å². The summed E-state index contributed by atoms with van der Waals surface area (Å²) in [6.07, 6.45) is -5.18. The molecular formula is C30H28O9. The number of aliphatic hydroxyl groups is 1. The van der Waals surface area contributed by atoms with Gasteiger partial charge in [0.05, 0.1) is 23.3 Å². The molecular weight excluding hydrogens is 504 g/mol. The predicted molar refractivity (Wildman–Crippen MR) is 139 cm³/mol. The van der Waals surface area contributed by atoms with Gasteiger partial charge in [0.2, 0.25) is 0 Å². The Morgan fingerprint density at radius 1 is 0.718 bits per heavy atom. The van der Waals surface area contributed by atoms with E-state index in [1.54, 1.807) is 91.0 Å². The first-order valence-electron chi connectivity index (χ1n) is 12.3. The second-order valence-corrected chi connectivity index (χ2v) is 8.59. The Morgan fingerprint density at radius 3 is 1.67 bits per heavy atom. The molecule has 3 aromatic carbocycles. The van der Waals surface area contributed by atoms with Crippen molar-refractivity contribution in [3.8, 4) is 0 Å². The van der Waals surface area contributed by atoms with Gasteiger partial charge in [-0.3, -0.25) is 0 Å². The summed E-state index contributed by atoms with van der Waals surface area (Å²) in [6.45, 7) is 3.23. The van der Waals surface area contributed by atoms with Gasteiger partial charge >= 0.3 is 17.9 Å². The average Bonchev–Trinajstić information content (AvgIpc) is 2.98. The zero-order valence-corrected chi connectivity index (χ0v) is 21.0. The number of benzene rings is 3. The molecule has 202 valence electrons. The van der Waals surface area contributed by atoms with Crippen LogP contribution in [-0.4, -0.2) is 66.9 Å². The third-order valence-corrected chi connectivity index (χ3v) is 5.91. The lowest BCUT2D eigenvalue weighted by atomic mass is 9.98. The number of rotatable bonds is 10. The van der Waals surface area contributed by atoms with E-state index < -0.39 is 48.6 Å². The average molecular weight is 533 g/mol. The molecule has 0 radical (unpaired) electrons. The molecule has 0 spiro atoms. The summed E-state index contributed by atoms with van der Waals surface area (Å²) in [4.78, 5) is 38.5. The normalized spacial score (nSPS) is 22.3. The molecule has 39 heavy (non-hydrogen) atoms. The van der Waals surface area contributed by atoms with E-state index in [2.05, 4.69) is 6.58 Å². The fourth-order valence-corrected chi connectivity index (χ4v) is 4.01. The van der Waals surface area contributed by atoms with Crippen molar-refractivity contribution < 1.29 is 43.2 Å². The largest absolute Gasteiger partial charge is 0.459 e. The molecule has 1 N–H and O–H groups in total. The Kier molecular flexibility index (Phi) is 9.58. The monoisotopic (exact) mass is 532 g/mol. The van der Waals surface area contributed by atoms with Crippen LogP contribution in [0.25, 0.3) is 0 Å². The second kappa shape index (κ2) is 13.5. The Labute approximate surface area is 225 Å². The number of carbonyl (C=O) groups is 3. The molecule has 1 fully saturated rings. The molecule has 0 aliphatic carbocycles. The molecule has 1 saturated heterocycles. The van der Waals surface area contributed by atoms with Gasteiger partial charge in [-0.15, -0.1) is 6.58 Å². The van der Waals surface area contributed by atoms with E-state index in [0.717, 1.165) is 0 Å². The molecule has 0 bridgehead atoms. The van der Waals surface area contributed by atoms with Crippen molar-refractivity contribution in [3.05, 3.63) is 120 Å². The van der Waals surface area contributed by atoms with Crippen LogP contribution in [0.3, 0.4) is 0 Å². The lowest BCUT2D eigenvalue weighted by Gasteiger charge is -2.43. The van der Waals surface area contributed by atoms with E-state index >= 15 is 0 Å². The molecule has 9 heteroatoms. The van der Waals surface area contributed by atoms with Crippen LogP contribution in [0.1, 0.15) is 31.1 Å². The number of carbonyl (C=O) groups excluding carboxylic acids is 3. The van der Waals surface area contributed by atoms with Gasteiger partial charge in [0.25, 0.3) is 0 Å². The van der Waals surface area contributed by atoms with E-state index in [0.29, 0.717) is 5.56 Å². The van der Waals surface area contributed by atoms with Gasteiger partial charge in [-0.05, 0) is 36.4 Å². The summed E-state index contributed by atoms with van der Waals surface area (Å²) in [5.74, 6) is -2.08. The zero-order chi connectivity index (χ0) is 27.6. The standard InChI is InChI=1S/C30H28O9/c1-2-18-35-25-24(38-28(32)21-14-8-4-9-15-21)23(19-36-27(31)20-12-6-3-7-13-20)37-30(34)26(25)39-29(33)22-16-10-5-11-17-22/h2-17,23-26,30,34H,1,18-19H2/t23-,24+,25+,26-,30-/m1/s1. The Bertz CT molecular complexity index is 1250. The maximum absolute atomic E-state index is 13.0. The minimum Gasteiger partial charge on any atom is -0.459 e. The van der Waals surface area contributed by atoms with Crippen molar-refractivity contribution in [3.63, 3.8) is 0 Å². The maximum Gasteiger partial charge on any atom is 0.338 e. The number of hydrogen-bond donors (Lipinski definition) is 1. The van der Waals surface area contributed by atoms with E-state index in [-0.39, 0.29) is 24.3 Å². The minimum atomic E-state index is -1.68. The predicted octanol–water partition coefficient (Wildman–Crippen LogP) is 3.58. The molecule has 9 nitrogen and oxygen atoms in total. The Balaban J connectivity index is 1.60. The molecule has 3 aromatic rings. The highest BCUT2D eigenvalue weighted by Crippen LogP contribution is 2.29. The first-order valence-corrected chi connectivity index (χ1v) is 12.3. The molecule has 1 aliphatic rings. The minimum absolute atomic E-state index is 0.0211. The topological polar surface area (TPSA) is 118 Å². The summed E-state index contributed by atoms with van der Waals surface area (Å²) in [6, 6.07) is 24.7. The van der Waals surface area contributed by atoms with Gasteiger partial charge in [-0.25, -0.2) is 14.4 Å². The molecule has 5 atom stereocenters. The Morgan fingerprint density at radius 2 is 1.18 bits per heavy atom. The van der Waals surface area contributed by atoms with Gasteiger partial charge in [0.1, 0.15) is 18.8 Å². The highest BCUT2D eigenvalue weighted by molar-refractivity contribution is 5.90. The first-order chi connectivity index (χ1) is 19.0. The summed E-state index contributed by atoms with van der Waals surface area (Å²) >= 11 is 0. The fraction of sp³-hybridized carbons (Fsp3) is 0.233. The van der Waals surface area contributed by atoms with Crippen LogP contribution in [0, 0.1) is 0 Å².